The number of urea groups is 1. The number of rotatable bonds is 4. The van der Waals surface area contributed by atoms with E-state index in [2.05, 4.69) is 15.6 Å². The summed E-state index contributed by atoms with van der Waals surface area (Å²) in [5, 5.41) is 27.0. The van der Waals surface area contributed by atoms with Crippen molar-refractivity contribution in [3.05, 3.63) is 84.6 Å². The molecule has 146 valence electrons. The molecule has 0 saturated carbocycles. The second-order valence-corrected chi connectivity index (χ2v) is 6.36. The van der Waals surface area contributed by atoms with E-state index in [4.69, 9.17) is 10.00 Å². The number of anilines is 2. The number of nitrogens with one attached hydrogen (secondary N) is 2. The van der Waals surface area contributed by atoms with Gasteiger partial charge in [0.25, 0.3) is 0 Å². The van der Waals surface area contributed by atoms with E-state index in [0.29, 0.717) is 33.8 Å². The molecule has 0 aliphatic heterocycles. The number of pyridine rings is 1. The van der Waals surface area contributed by atoms with E-state index >= 15 is 0 Å². The van der Waals surface area contributed by atoms with E-state index in [1.54, 1.807) is 42.5 Å². The zero-order valence-electron chi connectivity index (χ0n) is 16.6. The van der Waals surface area contributed by atoms with Gasteiger partial charge in [0.2, 0.25) is 0 Å². The maximum Gasteiger partial charge on any atom is 1.00 e. The molecule has 0 aliphatic rings. The van der Waals surface area contributed by atoms with Crippen LogP contribution in [0.5, 0.6) is 17.2 Å². The van der Waals surface area contributed by atoms with Crippen molar-refractivity contribution in [1.29, 1.82) is 5.26 Å². The number of benzene rings is 3. The molecule has 31 heavy (non-hydrogen) atoms. The van der Waals surface area contributed by atoms with Crippen molar-refractivity contribution >= 4 is 28.3 Å². The summed E-state index contributed by atoms with van der Waals surface area (Å²) in [6.45, 7) is 0. The van der Waals surface area contributed by atoms with Crippen LogP contribution < -0.4 is 50.0 Å². The van der Waals surface area contributed by atoms with Gasteiger partial charge in [-0.2, -0.15) is 5.26 Å². The monoisotopic (exact) mass is 418 g/mol. The van der Waals surface area contributed by atoms with Crippen LogP contribution >= 0.6 is 0 Å². The van der Waals surface area contributed by atoms with Crippen LogP contribution in [-0.4, -0.2) is 11.0 Å². The molecular formula is C23H15N4NaO3. The number of carbonyl (C=O) groups is 1. The van der Waals surface area contributed by atoms with Gasteiger partial charge in [0, 0.05) is 28.5 Å². The van der Waals surface area contributed by atoms with Crippen molar-refractivity contribution in [2.45, 2.75) is 0 Å². The van der Waals surface area contributed by atoms with Gasteiger partial charge >= 0.3 is 35.6 Å². The maximum absolute atomic E-state index is 12.1. The molecule has 2 N–H and O–H groups in total. The van der Waals surface area contributed by atoms with Gasteiger partial charge < -0.3 is 20.5 Å². The van der Waals surface area contributed by atoms with Crippen LogP contribution in [0.3, 0.4) is 0 Å². The second-order valence-electron chi connectivity index (χ2n) is 6.36. The average Bonchev–Trinajstić information content (AvgIpc) is 2.75. The van der Waals surface area contributed by atoms with E-state index in [-0.39, 0.29) is 46.9 Å². The Morgan fingerprint density at radius 1 is 0.968 bits per heavy atom. The number of para-hydroxylation sites is 1. The van der Waals surface area contributed by atoms with Gasteiger partial charge in [-0.05, 0) is 54.6 Å². The quantitative estimate of drug-likeness (QED) is 0.490. The molecule has 3 aromatic carbocycles. The summed E-state index contributed by atoms with van der Waals surface area (Å²) in [6, 6.07) is 21.9. The molecule has 8 heteroatoms. The third kappa shape index (κ3) is 5.32. The van der Waals surface area contributed by atoms with Crippen LogP contribution in [-0.2, 0) is 0 Å². The third-order valence-electron chi connectivity index (χ3n) is 4.29. The smallest absolute Gasteiger partial charge is 0.872 e. The minimum Gasteiger partial charge on any atom is -0.872 e. The Kier molecular flexibility index (Phi) is 7.11. The van der Waals surface area contributed by atoms with Crippen LogP contribution in [0.1, 0.15) is 5.56 Å². The van der Waals surface area contributed by atoms with Crippen molar-refractivity contribution in [1.82, 2.24) is 4.98 Å². The number of amides is 2. The van der Waals surface area contributed by atoms with Crippen LogP contribution in [0, 0.1) is 11.3 Å². The summed E-state index contributed by atoms with van der Waals surface area (Å²) < 4.78 is 5.91. The molecule has 7 nitrogen and oxygen atoms in total. The van der Waals surface area contributed by atoms with Crippen molar-refractivity contribution in [3.8, 4) is 23.3 Å². The Bertz CT molecular complexity index is 1260. The Labute approximate surface area is 200 Å². The van der Waals surface area contributed by atoms with Crippen LogP contribution in [0.2, 0.25) is 0 Å². The van der Waals surface area contributed by atoms with Crippen molar-refractivity contribution in [3.63, 3.8) is 0 Å². The number of fused-ring (bicyclic) bond motifs is 1. The minimum atomic E-state index is -0.376. The normalized spacial score (nSPS) is 9.90. The number of ether oxygens (including phenoxy) is 1. The molecule has 0 radical (unpaired) electrons. The molecule has 0 bridgehead atoms. The van der Waals surface area contributed by atoms with Gasteiger partial charge in [0.15, 0.2) is 0 Å². The molecular weight excluding hydrogens is 403 g/mol. The third-order valence-corrected chi connectivity index (χ3v) is 4.29. The SMILES string of the molecule is N#Cc1cc2c(Oc3ccc(NC(=O)Nc4ccccc4)cc3)ccnc2cc1[O-].[Na+]. The van der Waals surface area contributed by atoms with Crippen molar-refractivity contribution in [2.24, 2.45) is 0 Å². The molecule has 1 aromatic heterocycles. The van der Waals surface area contributed by atoms with Gasteiger partial charge in [-0.25, -0.2) is 4.79 Å². The zero-order valence-corrected chi connectivity index (χ0v) is 18.6. The number of nitrogens with zero attached hydrogens (tertiary/aromatic N) is 2. The summed E-state index contributed by atoms with van der Waals surface area (Å²) in [5.74, 6) is 0.624. The van der Waals surface area contributed by atoms with Crippen molar-refractivity contribution < 1.29 is 44.2 Å². The summed E-state index contributed by atoms with van der Waals surface area (Å²) >= 11 is 0. The fourth-order valence-electron chi connectivity index (χ4n) is 2.87. The molecule has 0 spiro atoms. The van der Waals surface area contributed by atoms with Gasteiger partial charge in [0.05, 0.1) is 11.6 Å². The largest absolute Gasteiger partial charge is 1.00 e. The summed E-state index contributed by atoms with van der Waals surface area (Å²) in [5.41, 5.74) is 1.77. The standard InChI is InChI=1S/C23H16N4O3.Na/c24-14-15-12-19-20(13-21(15)28)25-11-10-22(19)30-18-8-6-17(7-9-18)27-23(29)26-16-4-2-1-3-5-16;/h1-13,28H,(H2,26,27,29);/q;+1/p-1. The van der Waals surface area contributed by atoms with Crippen LogP contribution in [0.15, 0.2) is 79.0 Å². The molecule has 2 amide bonds. The minimum absolute atomic E-state index is 0. The fraction of sp³-hybridized carbons (Fsp3) is 0. The van der Waals surface area contributed by atoms with Gasteiger partial charge in [-0.1, -0.05) is 23.9 Å². The van der Waals surface area contributed by atoms with Crippen LogP contribution in [0.4, 0.5) is 16.2 Å². The summed E-state index contributed by atoms with van der Waals surface area (Å²) in [7, 11) is 0. The molecule has 4 rings (SSSR count). The predicted octanol–water partition coefficient (Wildman–Crippen LogP) is 1.62. The summed E-state index contributed by atoms with van der Waals surface area (Å²) in [6.07, 6.45) is 1.53. The van der Waals surface area contributed by atoms with E-state index in [1.165, 1.54) is 18.3 Å². The number of hydrogen-bond donors (Lipinski definition) is 2. The second kappa shape index (κ2) is 9.96. The van der Waals surface area contributed by atoms with Crippen molar-refractivity contribution in [2.75, 3.05) is 10.6 Å². The first-order valence-electron chi connectivity index (χ1n) is 9.03. The predicted molar refractivity (Wildman–Crippen MR) is 112 cm³/mol. The Morgan fingerprint density at radius 3 is 2.32 bits per heavy atom. The number of hydrogen-bond acceptors (Lipinski definition) is 5. The van der Waals surface area contributed by atoms with Crippen LogP contribution in [0.25, 0.3) is 10.9 Å². The maximum atomic E-state index is 12.1. The molecule has 0 atom stereocenters. The van der Waals surface area contributed by atoms with E-state index in [1.807, 2.05) is 24.3 Å². The first-order valence-corrected chi connectivity index (χ1v) is 9.03. The molecule has 0 unspecified atom stereocenters. The Balaban J connectivity index is 0.00000272. The molecule has 0 aliphatic carbocycles. The van der Waals surface area contributed by atoms with E-state index in [0.717, 1.165) is 0 Å². The number of carbonyl (C=O) groups excluding carboxylic acids is 1. The van der Waals surface area contributed by atoms with Gasteiger partial charge in [0.1, 0.15) is 11.5 Å². The Morgan fingerprint density at radius 2 is 1.65 bits per heavy atom. The first kappa shape index (κ1) is 22.1. The fourth-order valence-corrected chi connectivity index (χ4v) is 2.87. The molecule has 4 aromatic rings. The summed E-state index contributed by atoms with van der Waals surface area (Å²) in [4.78, 5) is 16.2. The topological polar surface area (TPSA) is 110 Å². The van der Waals surface area contributed by atoms with Gasteiger partial charge in [-0.3, -0.25) is 4.98 Å². The zero-order chi connectivity index (χ0) is 20.9. The first-order chi connectivity index (χ1) is 14.6. The molecule has 1 heterocycles. The van der Waals surface area contributed by atoms with E-state index < -0.39 is 0 Å². The van der Waals surface area contributed by atoms with E-state index in [9.17, 15) is 9.90 Å². The van der Waals surface area contributed by atoms with Gasteiger partial charge in [-0.15, -0.1) is 0 Å². The molecule has 0 fully saturated rings. The number of nitriles is 1. The molecule has 0 saturated heterocycles. The number of aromatic nitrogens is 1. The Hall–Kier alpha value is -3.57. The average molecular weight is 418 g/mol.